The summed E-state index contributed by atoms with van der Waals surface area (Å²) in [6.45, 7) is 9.70. The molecule has 3 amide bonds. The monoisotopic (exact) mass is 536 g/mol. The van der Waals surface area contributed by atoms with E-state index in [0.717, 1.165) is 18.4 Å². The zero-order chi connectivity index (χ0) is 27.4. The smallest absolute Gasteiger partial charge is 0.407 e. The molecule has 1 aliphatic rings. The van der Waals surface area contributed by atoms with Crippen LogP contribution in [0.2, 0.25) is 0 Å². The third-order valence-corrected chi connectivity index (χ3v) is 8.35. The van der Waals surface area contributed by atoms with Crippen LogP contribution in [0.5, 0.6) is 0 Å². The molecule has 1 fully saturated rings. The van der Waals surface area contributed by atoms with Crippen molar-refractivity contribution in [1.29, 1.82) is 0 Å². The summed E-state index contributed by atoms with van der Waals surface area (Å²) in [5, 5.41) is 11.0. The lowest BCUT2D eigenvalue weighted by atomic mass is 9.86. The van der Waals surface area contributed by atoms with Crippen molar-refractivity contribution in [1.82, 2.24) is 15.7 Å². The largest absolute Gasteiger partial charge is 0.453 e. The number of alkyl carbamates (subject to hydrolysis) is 1. The van der Waals surface area contributed by atoms with E-state index in [1.54, 1.807) is 51.1 Å². The van der Waals surface area contributed by atoms with E-state index in [-0.39, 0.29) is 12.5 Å². The number of carbonyl (C=O) groups is 3. The molecule has 1 aromatic rings. The molecule has 10 nitrogen and oxygen atoms in total. The lowest BCUT2D eigenvalue weighted by molar-refractivity contribution is -0.128. The second kappa shape index (κ2) is 14.9. The first-order valence-electron chi connectivity index (χ1n) is 12.7. The minimum Gasteiger partial charge on any atom is -0.453 e. The second-order valence-electron chi connectivity index (χ2n) is 9.68. The van der Waals surface area contributed by atoms with Crippen molar-refractivity contribution in [3.63, 3.8) is 0 Å². The molecule has 0 aliphatic heterocycles. The highest BCUT2D eigenvalue weighted by atomic mass is 31.2. The molecular formula is C26H41N4O6P. The molecule has 0 radical (unpaired) electrons. The number of methoxy groups -OCH3 is 1. The van der Waals surface area contributed by atoms with E-state index in [1.165, 1.54) is 13.5 Å². The third-order valence-electron chi connectivity index (χ3n) is 6.29. The molecule has 0 heterocycles. The minimum absolute atomic E-state index is 0.177. The number of hydrogen-bond donors (Lipinski definition) is 4. The Hall–Kier alpha value is -2.68. The SMILES string of the molecule is C=CCCP(=O)(NCC1CCC1)OCc1ccc(NC(=O)[C@H](C)NC(=O)[C@@H](NC(=O)OC)C(C)C)cc1. The number of anilines is 1. The van der Waals surface area contributed by atoms with E-state index in [9.17, 15) is 18.9 Å². The lowest BCUT2D eigenvalue weighted by Crippen LogP contribution is -2.53. The number of carbonyl (C=O) groups excluding carboxylic acids is 3. The Morgan fingerprint density at radius 3 is 2.32 bits per heavy atom. The fraction of sp³-hybridized carbons (Fsp3) is 0.577. The molecule has 1 aliphatic carbocycles. The average Bonchev–Trinajstić information content (AvgIpc) is 2.84. The summed E-state index contributed by atoms with van der Waals surface area (Å²) in [4.78, 5) is 36.7. The first-order valence-corrected chi connectivity index (χ1v) is 14.5. The first-order chi connectivity index (χ1) is 17.6. The van der Waals surface area contributed by atoms with Crippen LogP contribution in [0.4, 0.5) is 10.5 Å². The molecule has 0 saturated heterocycles. The maximum absolute atomic E-state index is 13.2. The van der Waals surface area contributed by atoms with E-state index in [1.807, 2.05) is 0 Å². The van der Waals surface area contributed by atoms with Gasteiger partial charge in [-0.15, -0.1) is 6.58 Å². The van der Waals surface area contributed by atoms with Crippen LogP contribution in [-0.2, 0) is 30.0 Å². The Bertz CT molecular complexity index is 964. The Labute approximate surface area is 219 Å². The van der Waals surface area contributed by atoms with Crippen molar-refractivity contribution in [2.75, 3.05) is 25.1 Å². The van der Waals surface area contributed by atoms with E-state index in [4.69, 9.17) is 4.52 Å². The van der Waals surface area contributed by atoms with Gasteiger partial charge in [0.15, 0.2) is 0 Å². The van der Waals surface area contributed by atoms with Gasteiger partial charge in [-0.05, 0) is 55.7 Å². The van der Waals surface area contributed by atoms with E-state index < -0.39 is 37.5 Å². The van der Waals surface area contributed by atoms with Crippen LogP contribution in [0, 0.1) is 11.8 Å². The molecule has 0 spiro atoms. The van der Waals surface area contributed by atoms with Crippen molar-refractivity contribution in [3.8, 4) is 0 Å². The summed E-state index contributed by atoms with van der Waals surface area (Å²) in [5.74, 6) is -0.532. The van der Waals surface area contributed by atoms with Crippen LogP contribution < -0.4 is 21.0 Å². The molecule has 11 heteroatoms. The molecule has 0 aromatic heterocycles. The van der Waals surface area contributed by atoms with Gasteiger partial charge in [-0.2, -0.15) is 0 Å². The quantitative estimate of drug-likeness (QED) is 0.195. The van der Waals surface area contributed by atoms with E-state index in [0.29, 0.717) is 30.7 Å². The van der Waals surface area contributed by atoms with Crippen molar-refractivity contribution in [3.05, 3.63) is 42.5 Å². The summed E-state index contributed by atoms with van der Waals surface area (Å²) >= 11 is 0. The second-order valence-corrected chi connectivity index (χ2v) is 12.0. The predicted octanol–water partition coefficient (Wildman–Crippen LogP) is 4.19. The summed E-state index contributed by atoms with van der Waals surface area (Å²) in [6, 6.07) is 5.34. The topological polar surface area (TPSA) is 135 Å². The van der Waals surface area contributed by atoms with Crippen molar-refractivity contribution < 1.29 is 28.2 Å². The zero-order valence-corrected chi connectivity index (χ0v) is 23.1. The highest BCUT2D eigenvalue weighted by Crippen LogP contribution is 2.45. The lowest BCUT2D eigenvalue weighted by Gasteiger charge is -2.28. The van der Waals surface area contributed by atoms with Gasteiger partial charge in [-0.25, -0.2) is 9.88 Å². The van der Waals surface area contributed by atoms with Crippen molar-refractivity contribution in [2.24, 2.45) is 11.8 Å². The molecule has 0 bridgehead atoms. The van der Waals surface area contributed by atoms with Gasteiger partial charge in [-0.3, -0.25) is 14.2 Å². The molecule has 4 N–H and O–H groups in total. The van der Waals surface area contributed by atoms with Gasteiger partial charge in [-0.1, -0.05) is 38.5 Å². The fourth-order valence-corrected chi connectivity index (χ4v) is 5.41. The van der Waals surface area contributed by atoms with Crippen molar-refractivity contribution in [2.45, 2.75) is 65.1 Å². The highest BCUT2D eigenvalue weighted by Gasteiger charge is 2.28. The number of nitrogens with one attached hydrogen (secondary N) is 4. The number of rotatable bonds is 15. The highest BCUT2D eigenvalue weighted by molar-refractivity contribution is 7.56. The molecule has 3 atom stereocenters. The van der Waals surface area contributed by atoms with Gasteiger partial charge >= 0.3 is 6.09 Å². The van der Waals surface area contributed by atoms with Crippen LogP contribution in [0.3, 0.4) is 0 Å². The Morgan fingerprint density at radius 1 is 1.11 bits per heavy atom. The van der Waals surface area contributed by atoms with Gasteiger partial charge in [0.05, 0.1) is 13.7 Å². The molecular weight excluding hydrogens is 495 g/mol. The average molecular weight is 537 g/mol. The first kappa shape index (κ1) is 30.5. The van der Waals surface area contributed by atoms with Crippen LogP contribution >= 0.6 is 7.52 Å². The van der Waals surface area contributed by atoms with Gasteiger partial charge in [0, 0.05) is 18.4 Å². The number of hydrogen-bond acceptors (Lipinski definition) is 6. The summed E-state index contributed by atoms with van der Waals surface area (Å²) < 4.78 is 23.6. The number of benzene rings is 1. The standard InChI is InChI=1S/C26H41N4O6P/c1-6-7-15-37(34,27-16-20-9-8-10-20)36-17-21-11-13-22(14-12-21)29-24(31)19(4)28-25(32)23(18(2)3)30-26(33)35-5/h6,11-14,18-20,23H,1,7-10,15-17H2,2-5H3,(H,27,34)(H,28,32)(H,29,31)(H,30,33)/t19-,23-,37?/m0/s1. The Morgan fingerprint density at radius 2 is 1.78 bits per heavy atom. The van der Waals surface area contributed by atoms with E-state index in [2.05, 4.69) is 32.4 Å². The number of allylic oxidation sites excluding steroid dienone is 1. The zero-order valence-electron chi connectivity index (χ0n) is 22.2. The van der Waals surface area contributed by atoms with Gasteiger partial charge in [0.25, 0.3) is 7.52 Å². The van der Waals surface area contributed by atoms with Crippen LogP contribution in [0.15, 0.2) is 36.9 Å². The van der Waals surface area contributed by atoms with Crippen molar-refractivity contribution >= 4 is 31.1 Å². The Kier molecular flexibility index (Phi) is 12.3. The maximum Gasteiger partial charge on any atom is 0.407 e. The molecule has 2 rings (SSSR count). The van der Waals surface area contributed by atoms with Gasteiger partial charge < -0.3 is 25.2 Å². The van der Waals surface area contributed by atoms with Gasteiger partial charge in [0.1, 0.15) is 12.1 Å². The summed E-state index contributed by atoms with van der Waals surface area (Å²) in [5.41, 5.74) is 1.36. The molecule has 37 heavy (non-hydrogen) atoms. The normalized spacial score (nSPS) is 16.6. The summed E-state index contributed by atoms with van der Waals surface area (Å²) in [6.07, 6.45) is 5.56. The Balaban J connectivity index is 1.88. The molecule has 1 aromatic carbocycles. The van der Waals surface area contributed by atoms with Gasteiger partial charge in [0.2, 0.25) is 11.8 Å². The number of ether oxygens (including phenoxy) is 1. The molecule has 206 valence electrons. The fourth-order valence-electron chi connectivity index (χ4n) is 3.62. The summed E-state index contributed by atoms with van der Waals surface area (Å²) in [7, 11) is -1.77. The predicted molar refractivity (Wildman–Crippen MR) is 144 cm³/mol. The van der Waals surface area contributed by atoms with Crippen LogP contribution in [0.25, 0.3) is 0 Å². The maximum atomic E-state index is 13.2. The molecule has 1 saturated carbocycles. The van der Waals surface area contributed by atoms with E-state index >= 15 is 0 Å². The van der Waals surface area contributed by atoms with Crippen LogP contribution in [-0.4, -0.2) is 49.8 Å². The number of amides is 3. The van der Waals surface area contributed by atoms with Crippen LogP contribution in [0.1, 0.15) is 52.0 Å². The minimum atomic E-state index is -2.99. The third kappa shape index (κ3) is 10.3. The molecule has 1 unspecified atom stereocenters.